The van der Waals surface area contributed by atoms with E-state index in [1.807, 2.05) is 6.08 Å². The minimum absolute atomic E-state index is 0.629. The maximum atomic E-state index is 5.97. The highest BCUT2D eigenvalue weighted by molar-refractivity contribution is 7.98. The number of thioether (sulfide) groups is 1. The second kappa shape index (κ2) is 8.61. The SMILES string of the molecule is C/C(=C1/C=CN=C1N)N(C)C1CCC(CSCc2ccccc2)CC1. The number of nitrogens with zero attached hydrogens (tertiary/aromatic N) is 2. The molecule has 0 spiro atoms. The van der Waals surface area contributed by atoms with Crippen molar-refractivity contribution in [2.45, 2.75) is 44.4 Å². The lowest BCUT2D eigenvalue weighted by atomic mass is 9.86. The van der Waals surface area contributed by atoms with E-state index in [4.69, 9.17) is 5.73 Å². The molecule has 1 aromatic rings. The third kappa shape index (κ3) is 4.69. The highest BCUT2D eigenvalue weighted by Gasteiger charge is 2.25. The molecule has 0 atom stereocenters. The smallest absolute Gasteiger partial charge is 0.132 e. The normalized spacial score (nSPS) is 25.0. The summed E-state index contributed by atoms with van der Waals surface area (Å²) in [5.74, 6) is 3.93. The van der Waals surface area contributed by atoms with Crippen molar-refractivity contribution in [3.8, 4) is 0 Å². The van der Waals surface area contributed by atoms with Crippen LogP contribution < -0.4 is 5.73 Å². The van der Waals surface area contributed by atoms with Gasteiger partial charge < -0.3 is 10.6 Å². The zero-order valence-corrected chi connectivity index (χ0v) is 16.1. The number of benzene rings is 1. The van der Waals surface area contributed by atoms with Crippen molar-refractivity contribution in [1.82, 2.24) is 4.90 Å². The summed E-state index contributed by atoms with van der Waals surface area (Å²) in [6, 6.07) is 11.4. The first-order valence-electron chi connectivity index (χ1n) is 9.20. The van der Waals surface area contributed by atoms with Gasteiger partial charge in [-0.1, -0.05) is 30.3 Å². The standard InChI is InChI=1S/C21H29N3S/c1-16(20-12-13-23-21(20)22)24(2)19-10-8-18(9-11-19)15-25-14-17-6-4-3-5-7-17/h3-7,12-13,18-19H,8-11,14-15H2,1-2H3,(H2,22,23)/b20-16+. The van der Waals surface area contributed by atoms with Gasteiger partial charge in [0.25, 0.3) is 0 Å². The summed E-state index contributed by atoms with van der Waals surface area (Å²) in [7, 11) is 2.21. The van der Waals surface area contributed by atoms with Gasteiger partial charge >= 0.3 is 0 Å². The molecule has 2 N–H and O–H groups in total. The van der Waals surface area contributed by atoms with Crippen LogP contribution in [0.1, 0.15) is 38.2 Å². The summed E-state index contributed by atoms with van der Waals surface area (Å²) < 4.78 is 0. The second-order valence-corrected chi connectivity index (χ2v) is 8.15. The molecule has 3 rings (SSSR count). The van der Waals surface area contributed by atoms with Crippen LogP contribution in [0, 0.1) is 5.92 Å². The van der Waals surface area contributed by atoms with E-state index < -0.39 is 0 Å². The van der Waals surface area contributed by atoms with Gasteiger partial charge in [-0.05, 0) is 55.9 Å². The molecule has 0 amide bonds. The van der Waals surface area contributed by atoms with Crippen molar-refractivity contribution in [1.29, 1.82) is 0 Å². The first-order chi connectivity index (χ1) is 12.1. The van der Waals surface area contributed by atoms with Crippen LogP contribution in [-0.2, 0) is 5.75 Å². The van der Waals surface area contributed by atoms with E-state index in [0.717, 1.165) is 17.2 Å². The van der Waals surface area contributed by atoms with Gasteiger partial charge in [-0.25, -0.2) is 4.99 Å². The third-order valence-corrected chi connectivity index (χ3v) is 6.72. The molecule has 134 valence electrons. The van der Waals surface area contributed by atoms with Gasteiger partial charge in [0.2, 0.25) is 0 Å². The Bertz CT molecular complexity index is 655. The van der Waals surface area contributed by atoms with Crippen molar-refractivity contribution in [2.24, 2.45) is 16.6 Å². The Kier molecular flexibility index (Phi) is 6.24. The topological polar surface area (TPSA) is 41.6 Å². The lowest BCUT2D eigenvalue weighted by Crippen LogP contribution is -2.35. The van der Waals surface area contributed by atoms with E-state index >= 15 is 0 Å². The van der Waals surface area contributed by atoms with Crippen molar-refractivity contribution < 1.29 is 0 Å². The predicted octanol–water partition coefficient (Wildman–Crippen LogP) is 4.57. The quantitative estimate of drug-likeness (QED) is 0.813. The number of nitrogens with two attached hydrogens (primary N) is 1. The summed E-state index contributed by atoms with van der Waals surface area (Å²) in [4.78, 5) is 6.58. The van der Waals surface area contributed by atoms with Crippen molar-refractivity contribution >= 4 is 17.6 Å². The first-order valence-corrected chi connectivity index (χ1v) is 10.4. The molecule has 25 heavy (non-hydrogen) atoms. The number of hydrogen-bond donors (Lipinski definition) is 1. The van der Waals surface area contributed by atoms with Gasteiger partial charge in [0.05, 0.1) is 0 Å². The molecule has 1 aliphatic carbocycles. The Morgan fingerprint density at radius 3 is 2.56 bits per heavy atom. The number of amidine groups is 1. The zero-order chi connectivity index (χ0) is 17.6. The van der Waals surface area contributed by atoms with E-state index in [1.165, 1.54) is 42.7 Å². The van der Waals surface area contributed by atoms with Gasteiger partial charge in [0.15, 0.2) is 0 Å². The highest BCUT2D eigenvalue weighted by Crippen LogP contribution is 2.32. The van der Waals surface area contributed by atoms with E-state index in [1.54, 1.807) is 6.20 Å². The van der Waals surface area contributed by atoms with Crippen LogP contribution >= 0.6 is 11.8 Å². The van der Waals surface area contributed by atoms with Gasteiger partial charge in [0, 0.05) is 36.3 Å². The highest BCUT2D eigenvalue weighted by atomic mass is 32.2. The van der Waals surface area contributed by atoms with E-state index in [0.29, 0.717) is 11.9 Å². The number of hydrogen-bond acceptors (Lipinski definition) is 4. The van der Waals surface area contributed by atoms with Gasteiger partial charge in [-0.15, -0.1) is 0 Å². The molecule has 1 heterocycles. The average molecular weight is 356 g/mol. The fourth-order valence-corrected chi connectivity index (χ4v) is 4.95. The minimum atomic E-state index is 0.629. The Morgan fingerprint density at radius 1 is 1.20 bits per heavy atom. The molecule has 3 nitrogen and oxygen atoms in total. The lowest BCUT2D eigenvalue weighted by molar-refractivity contribution is 0.208. The Labute approximate surface area is 156 Å². The molecular formula is C21H29N3S. The molecule has 1 fully saturated rings. The summed E-state index contributed by atoms with van der Waals surface area (Å²) in [6.07, 6.45) is 9.03. The van der Waals surface area contributed by atoms with Gasteiger partial charge in [0.1, 0.15) is 5.84 Å². The zero-order valence-electron chi connectivity index (χ0n) is 15.3. The van der Waals surface area contributed by atoms with E-state index in [-0.39, 0.29) is 0 Å². The maximum absolute atomic E-state index is 5.97. The largest absolute Gasteiger partial charge is 0.383 e. The van der Waals surface area contributed by atoms with Crippen LogP contribution in [0.15, 0.2) is 58.9 Å². The summed E-state index contributed by atoms with van der Waals surface area (Å²) >= 11 is 2.09. The van der Waals surface area contributed by atoms with Gasteiger partial charge in [-0.3, -0.25) is 0 Å². The number of allylic oxidation sites excluding steroid dienone is 1. The summed E-state index contributed by atoms with van der Waals surface area (Å²) in [6.45, 7) is 2.16. The monoisotopic (exact) mass is 355 g/mol. The van der Waals surface area contributed by atoms with Crippen molar-refractivity contribution in [2.75, 3.05) is 12.8 Å². The fourth-order valence-electron chi connectivity index (χ4n) is 3.73. The molecule has 0 saturated heterocycles. The molecule has 4 heteroatoms. The van der Waals surface area contributed by atoms with Crippen LogP contribution in [0.4, 0.5) is 0 Å². The Morgan fingerprint density at radius 2 is 1.92 bits per heavy atom. The van der Waals surface area contributed by atoms with Crippen LogP contribution in [0.2, 0.25) is 0 Å². The second-order valence-electron chi connectivity index (χ2n) is 7.12. The first kappa shape index (κ1) is 18.1. The van der Waals surface area contributed by atoms with Crippen LogP contribution in [0.5, 0.6) is 0 Å². The van der Waals surface area contributed by atoms with Crippen molar-refractivity contribution in [3.05, 3.63) is 59.4 Å². The molecule has 1 aliphatic heterocycles. The molecular weight excluding hydrogens is 326 g/mol. The number of aliphatic imine (C=N–C) groups is 1. The minimum Gasteiger partial charge on any atom is -0.383 e. The van der Waals surface area contributed by atoms with Crippen LogP contribution in [0.3, 0.4) is 0 Å². The van der Waals surface area contributed by atoms with E-state index in [9.17, 15) is 0 Å². The van der Waals surface area contributed by atoms with Crippen LogP contribution in [-0.4, -0.2) is 29.6 Å². The van der Waals surface area contributed by atoms with Crippen LogP contribution in [0.25, 0.3) is 0 Å². The Hall–Kier alpha value is -1.68. The molecule has 0 unspecified atom stereocenters. The van der Waals surface area contributed by atoms with Gasteiger partial charge in [-0.2, -0.15) is 11.8 Å². The average Bonchev–Trinajstić information content (AvgIpc) is 3.08. The summed E-state index contributed by atoms with van der Waals surface area (Å²) in [5.41, 5.74) is 9.74. The molecule has 2 aliphatic rings. The van der Waals surface area contributed by atoms with E-state index in [2.05, 4.69) is 66.0 Å². The fraction of sp³-hybridized carbons (Fsp3) is 0.476. The molecule has 1 aromatic carbocycles. The molecule has 0 bridgehead atoms. The molecule has 1 saturated carbocycles. The third-order valence-electron chi connectivity index (χ3n) is 5.48. The Balaban J connectivity index is 1.44. The molecule has 0 radical (unpaired) electrons. The maximum Gasteiger partial charge on any atom is 0.132 e. The summed E-state index contributed by atoms with van der Waals surface area (Å²) in [5, 5.41) is 0. The predicted molar refractivity (Wildman–Crippen MR) is 110 cm³/mol. The molecule has 0 aromatic heterocycles. The van der Waals surface area contributed by atoms with Crippen molar-refractivity contribution in [3.63, 3.8) is 0 Å². The number of rotatable bonds is 6. The lowest BCUT2D eigenvalue weighted by Gasteiger charge is -2.37.